The highest BCUT2D eigenvalue weighted by atomic mass is 19.1. The quantitative estimate of drug-likeness (QED) is 0.360. The molecule has 2 aromatic carbocycles. The minimum absolute atomic E-state index is 0.0723. The van der Waals surface area contributed by atoms with Gasteiger partial charge < -0.3 is 8.94 Å². The van der Waals surface area contributed by atoms with Gasteiger partial charge in [0.15, 0.2) is 5.58 Å². The summed E-state index contributed by atoms with van der Waals surface area (Å²) in [5, 5.41) is 6.18. The molecule has 1 unspecified atom stereocenters. The van der Waals surface area contributed by atoms with Crippen LogP contribution in [0.15, 0.2) is 68.7 Å². The highest BCUT2D eigenvalue weighted by molar-refractivity contribution is 6.00. The lowest BCUT2D eigenvalue weighted by Gasteiger charge is -2.21. The number of imide groups is 1. The van der Waals surface area contributed by atoms with E-state index in [9.17, 15) is 14.4 Å². The summed E-state index contributed by atoms with van der Waals surface area (Å²) in [5.41, 5.74) is 2.18. The predicted octanol–water partition coefficient (Wildman–Crippen LogP) is 2.81. The standard InChI is InChI=1S/C25H17FN6O5/c26-22-14(16-12-27-8-9-28-16)2-1-3-15(22)23-30-21(37-31-23)11-13-4-6-19-18(10-13)32(25(35)36-19)17-5-7-20(33)29-24(17)34/h1-4,6,8-10,12,17H,5,7,11H2,(H,29,33,34). The number of hydrogen-bond donors (Lipinski definition) is 1. The van der Waals surface area contributed by atoms with E-state index < -0.39 is 23.5 Å². The van der Waals surface area contributed by atoms with Crippen LogP contribution in [0.2, 0.25) is 0 Å². The Bertz CT molecular complexity index is 1720. The van der Waals surface area contributed by atoms with Crippen LogP contribution >= 0.6 is 0 Å². The first-order chi connectivity index (χ1) is 18.0. The second-order valence-electron chi connectivity index (χ2n) is 8.45. The second-order valence-corrected chi connectivity index (χ2v) is 8.45. The number of benzene rings is 2. The highest BCUT2D eigenvalue weighted by Gasteiger charge is 2.31. The van der Waals surface area contributed by atoms with Crippen LogP contribution in [0.5, 0.6) is 0 Å². The first-order valence-electron chi connectivity index (χ1n) is 11.3. The van der Waals surface area contributed by atoms with E-state index in [1.807, 2.05) is 0 Å². The average molecular weight is 500 g/mol. The lowest BCUT2D eigenvalue weighted by molar-refractivity contribution is -0.135. The highest BCUT2D eigenvalue weighted by Crippen LogP contribution is 2.29. The number of carbonyl (C=O) groups excluding carboxylic acids is 2. The number of aromatic nitrogens is 5. The Morgan fingerprint density at radius 2 is 1.97 bits per heavy atom. The van der Waals surface area contributed by atoms with Gasteiger partial charge in [-0.25, -0.2) is 9.18 Å². The Hall–Kier alpha value is -5.00. The van der Waals surface area contributed by atoms with Crippen LogP contribution in [-0.2, 0) is 16.0 Å². The molecular formula is C25H17FN6O5. The fraction of sp³-hybridized carbons (Fsp3) is 0.160. The zero-order valence-electron chi connectivity index (χ0n) is 19.1. The smallest absolute Gasteiger partial charge is 0.408 e. The van der Waals surface area contributed by atoms with Crippen molar-refractivity contribution in [2.24, 2.45) is 0 Å². The van der Waals surface area contributed by atoms with Gasteiger partial charge in [0.25, 0.3) is 0 Å². The fourth-order valence-electron chi connectivity index (χ4n) is 4.36. The molecule has 37 heavy (non-hydrogen) atoms. The molecule has 1 N–H and O–H groups in total. The predicted molar refractivity (Wildman–Crippen MR) is 125 cm³/mol. The van der Waals surface area contributed by atoms with Crippen LogP contribution in [-0.4, -0.2) is 36.5 Å². The van der Waals surface area contributed by atoms with Crippen LogP contribution < -0.4 is 11.1 Å². The molecule has 12 heteroatoms. The molecule has 0 radical (unpaired) electrons. The summed E-state index contributed by atoms with van der Waals surface area (Å²) in [5.74, 6) is -1.89. The van der Waals surface area contributed by atoms with Gasteiger partial charge in [0, 0.05) is 24.4 Å². The number of nitrogens with zero attached hydrogens (tertiary/aromatic N) is 5. The number of rotatable bonds is 5. The van der Waals surface area contributed by atoms with Crippen molar-refractivity contribution in [1.82, 2.24) is 30.0 Å². The fourth-order valence-corrected chi connectivity index (χ4v) is 4.36. The van der Waals surface area contributed by atoms with Gasteiger partial charge in [0.1, 0.15) is 11.9 Å². The third-order valence-electron chi connectivity index (χ3n) is 6.10. The largest absolute Gasteiger partial charge is 0.420 e. The van der Waals surface area contributed by atoms with Crippen LogP contribution in [0.3, 0.4) is 0 Å². The molecule has 0 spiro atoms. The molecule has 1 aliphatic rings. The lowest BCUT2D eigenvalue weighted by atomic mass is 10.1. The van der Waals surface area contributed by atoms with Crippen molar-refractivity contribution in [1.29, 1.82) is 0 Å². The maximum atomic E-state index is 15.2. The Morgan fingerprint density at radius 3 is 2.78 bits per heavy atom. The van der Waals surface area contributed by atoms with Crippen molar-refractivity contribution in [2.45, 2.75) is 25.3 Å². The Labute approximate surface area is 207 Å². The third kappa shape index (κ3) is 4.07. The number of carbonyl (C=O) groups is 2. The molecule has 11 nitrogen and oxygen atoms in total. The Balaban J connectivity index is 1.30. The molecule has 1 fully saturated rings. The summed E-state index contributed by atoms with van der Waals surface area (Å²) in [4.78, 5) is 48.8. The number of amides is 2. The monoisotopic (exact) mass is 500 g/mol. The van der Waals surface area contributed by atoms with Crippen molar-refractivity contribution < 1.29 is 22.9 Å². The summed E-state index contributed by atoms with van der Waals surface area (Å²) in [7, 11) is 0. The van der Waals surface area contributed by atoms with E-state index >= 15 is 4.39 Å². The number of oxazole rings is 1. The van der Waals surface area contributed by atoms with Crippen LogP contribution in [0.4, 0.5) is 4.39 Å². The van der Waals surface area contributed by atoms with E-state index in [0.717, 1.165) is 0 Å². The molecular weight excluding hydrogens is 483 g/mol. The molecule has 2 amide bonds. The van der Waals surface area contributed by atoms with Gasteiger partial charge in [-0.2, -0.15) is 4.98 Å². The molecule has 1 atom stereocenters. The lowest BCUT2D eigenvalue weighted by Crippen LogP contribution is -2.43. The van der Waals surface area contributed by atoms with Gasteiger partial charge >= 0.3 is 5.76 Å². The summed E-state index contributed by atoms with van der Waals surface area (Å²) in [6, 6.07) is 8.95. The van der Waals surface area contributed by atoms with Crippen molar-refractivity contribution >= 4 is 22.9 Å². The summed E-state index contributed by atoms with van der Waals surface area (Å²) >= 11 is 0. The Kier molecular flexibility index (Phi) is 5.40. The summed E-state index contributed by atoms with van der Waals surface area (Å²) in [6.07, 6.45) is 4.93. The van der Waals surface area contributed by atoms with Gasteiger partial charge in [-0.15, -0.1) is 0 Å². The van der Waals surface area contributed by atoms with Gasteiger partial charge in [-0.05, 0) is 36.2 Å². The van der Waals surface area contributed by atoms with Crippen LogP contribution in [0.25, 0.3) is 33.7 Å². The third-order valence-corrected chi connectivity index (χ3v) is 6.10. The van der Waals surface area contributed by atoms with Gasteiger partial charge in [-0.1, -0.05) is 17.3 Å². The van der Waals surface area contributed by atoms with E-state index in [1.54, 1.807) is 36.4 Å². The topological polar surface area (TPSA) is 146 Å². The molecule has 3 aromatic heterocycles. The van der Waals surface area contributed by atoms with Gasteiger partial charge in [0.2, 0.25) is 23.5 Å². The first kappa shape index (κ1) is 22.5. The van der Waals surface area contributed by atoms with Crippen molar-refractivity contribution in [3.8, 4) is 22.6 Å². The van der Waals surface area contributed by atoms with Crippen molar-refractivity contribution in [3.05, 3.63) is 82.8 Å². The van der Waals surface area contributed by atoms with Gasteiger partial charge in [-0.3, -0.25) is 29.4 Å². The SMILES string of the molecule is O=C1CCC(n2c(=O)oc3ccc(Cc4nc(-c5cccc(-c6cnccn6)c5F)no4)cc32)C(=O)N1. The molecule has 4 heterocycles. The number of piperidine rings is 1. The van der Waals surface area contributed by atoms with Crippen molar-refractivity contribution in [2.75, 3.05) is 0 Å². The number of hydrogen-bond acceptors (Lipinski definition) is 9. The average Bonchev–Trinajstić information content (AvgIpc) is 3.48. The second kappa shape index (κ2) is 8.90. The number of fused-ring (bicyclic) bond motifs is 1. The minimum atomic E-state index is -0.860. The zero-order valence-corrected chi connectivity index (χ0v) is 19.1. The van der Waals surface area contributed by atoms with Crippen LogP contribution in [0.1, 0.15) is 30.3 Å². The van der Waals surface area contributed by atoms with E-state index in [0.29, 0.717) is 22.4 Å². The van der Waals surface area contributed by atoms with E-state index in [2.05, 4.69) is 25.4 Å². The van der Waals surface area contributed by atoms with E-state index in [-0.39, 0.29) is 48.0 Å². The number of halogens is 1. The maximum Gasteiger partial charge on any atom is 0.420 e. The molecule has 1 saturated heterocycles. The minimum Gasteiger partial charge on any atom is -0.408 e. The van der Waals surface area contributed by atoms with E-state index in [1.165, 1.54) is 23.2 Å². The Morgan fingerprint density at radius 1 is 1.11 bits per heavy atom. The first-order valence-corrected chi connectivity index (χ1v) is 11.3. The molecule has 0 saturated carbocycles. The summed E-state index contributed by atoms with van der Waals surface area (Å²) < 4.78 is 27.2. The number of nitrogens with one attached hydrogen (secondary N) is 1. The van der Waals surface area contributed by atoms with Crippen LogP contribution in [0, 0.1) is 5.82 Å². The zero-order chi connectivity index (χ0) is 25.5. The van der Waals surface area contributed by atoms with E-state index in [4.69, 9.17) is 8.94 Å². The normalized spacial score (nSPS) is 15.8. The molecule has 0 aliphatic carbocycles. The summed E-state index contributed by atoms with van der Waals surface area (Å²) in [6.45, 7) is 0. The molecule has 0 bridgehead atoms. The van der Waals surface area contributed by atoms with Gasteiger partial charge in [0.05, 0.1) is 29.4 Å². The molecule has 184 valence electrons. The molecule has 1 aliphatic heterocycles. The van der Waals surface area contributed by atoms with Crippen molar-refractivity contribution in [3.63, 3.8) is 0 Å². The molecule has 6 rings (SSSR count). The maximum absolute atomic E-state index is 15.2. The molecule has 5 aromatic rings.